The number of nitrogens with two attached hydrogens (primary N) is 1. The van der Waals surface area contributed by atoms with Crippen LogP contribution in [0, 0.1) is 15.9 Å². The standard InChI is InChI=1S/C13H11FN2O3S/c14-12-7-9(1-6-13(12)15)8-20(19)11-4-2-10(3-5-11)16(17)18/h1-7H,8,15H2. The summed E-state index contributed by atoms with van der Waals surface area (Å²) in [5, 5.41) is 10.5. The van der Waals surface area contributed by atoms with E-state index in [1.54, 1.807) is 6.07 Å². The Morgan fingerprint density at radius 3 is 2.40 bits per heavy atom. The van der Waals surface area contributed by atoms with Gasteiger partial charge in [-0.1, -0.05) is 6.07 Å². The van der Waals surface area contributed by atoms with Crippen molar-refractivity contribution in [3.05, 3.63) is 64.0 Å². The van der Waals surface area contributed by atoms with Crippen molar-refractivity contribution in [1.82, 2.24) is 0 Å². The van der Waals surface area contributed by atoms with Crippen molar-refractivity contribution in [2.75, 3.05) is 5.73 Å². The van der Waals surface area contributed by atoms with Crippen LogP contribution < -0.4 is 5.73 Å². The van der Waals surface area contributed by atoms with Gasteiger partial charge in [0.15, 0.2) is 0 Å². The lowest BCUT2D eigenvalue weighted by Crippen LogP contribution is -1.99. The predicted octanol–water partition coefficient (Wildman–Crippen LogP) is 2.62. The van der Waals surface area contributed by atoms with Gasteiger partial charge in [0.2, 0.25) is 0 Å². The van der Waals surface area contributed by atoms with Gasteiger partial charge >= 0.3 is 0 Å². The average Bonchev–Trinajstić information content (AvgIpc) is 2.43. The fraction of sp³-hybridized carbons (Fsp3) is 0.0769. The molecule has 0 radical (unpaired) electrons. The number of hydrogen-bond donors (Lipinski definition) is 1. The minimum Gasteiger partial charge on any atom is -0.396 e. The van der Waals surface area contributed by atoms with Gasteiger partial charge < -0.3 is 5.73 Å². The Bertz CT molecular complexity index is 674. The molecule has 7 heteroatoms. The van der Waals surface area contributed by atoms with Crippen LogP contribution in [0.2, 0.25) is 0 Å². The van der Waals surface area contributed by atoms with E-state index >= 15 is 0 Å². The molecule has 2 aromatic rings. The van der Waals surface area contributed by atoms with Crippen LogP contribution in [0.3, 0.4) is 0 Å². The Morgan fingerprint density at radius 1 is 1.20 bits per heavy atom. The third kappa shape index (κ3) is 3.18. The first-order valence-electron chi connectivity index (χ1n) is 5.64. The molecule has 5 nitrogen and oxygen atoms in total. The van der Waals surface area contributed by atoms with Crippen molar-refractivity contribution in [2.24, 2.45) is 0 Å². The molecular weight excluding hydrogens is 283 g/mol. The van der Waals surface area contributed by atoms with Crippen LogP contribution in [0.1, 0.15) is 5.56 Å². The van der Waals surface area contributed by atoms with Gasteiger partial charge in [-0.05, 0) is 29.8 Å². The molecule has 2 aromatic carbocycles. The molecule has 0 aliphatic carbocycles. The maximum Gasteiger partial charge on any atom is 0.269 e. The van der Waals surface area contributed by atoms with Crippen molar-refractivity contribution >= 4 is 22.2 Å². The Kier molecular flexibility index (Phi) is 4.09. The maximum absolute atomic E-state index is 13.3. The zero-order chi connectivity index (χ0) is 14.7. The van der Waals surface area contributed by atoms with Crippen molar-refractivity contribution in [3.63, 3.8) is 0 Å². The molecule has 0 spiro atoms. The average molecular weight is 294 g/mol. The first-order chi connectivity index (χ1) is 9.47. The molecule has 2 rings (SSSR count). The Balaban J connectivity index is 2.15. The van der Waals surface area contributed by atoms with Crippen LogP contribution in [-0.2, 0) is 16.6 Å². The smallest absolute Gasteiger partial charge is 0.269 e. The van der Waals surface area contributed by atoms with Crippen LogP contribution in [0.4, 0.5) is 15.8 Å². The zero-order valence-corrected chi connectivity index (χ0v) is 11.1. The summed E-state index contributed by atoms with van der Waals surface area (Å²) >= 11 is 0. The fourth-order valence-electron chi connectivity index (χ4n) is 1.61. The lowest BCUT2D eigenvalue weighted by Gasteiger charge is -2.04. The highest BCUT2D eigenvalue weighted by Gasteiger charge is 2.10. The van der Waals surface area contributed by atoms with E-state index in [2.05, 4.69) is 0 Å². The second-order valence-electron chi connectivity index (χ2n) is 4.10. The van der Waals surface area contributed by atoms with Crippen molar-refractivity contribution in [3.8, 4) is 0 Å². The number of rotatable bonds is 4. The summed E-state index contributed by atoms with van der Waals surface area (Å²) < 4.78 is 25.4. The van der Waals surface area contributed by atoms with Crippen LogP contribution in [0.25, 0.3) is 0 Å². The van der Waals surface area contributed by atoms with Gasteiger partial charge in [-0.3, -0.25) is 14.3 Å². The Labute approximate surface area is 116 Å². The molecule has 2 N–H and O–H groups in total. The monoisotopic (exact) mass is 294 g/mol. The highest BCUT2D eigenvalue weighted by Crippen LogP contribution is 2.19. The van der Waals surface area contributed by atoms with Gasteiger partial charge in [-0.25, -0.2) is 4.39 Å². The van der Waals surface area contributed by atoms with E-state index in [4.69, 9.17) is 5.73 Å². The third-order valence-electron chi connectivity index (χ3n) is 2.67. The van der Waals surface area contributed by atoms with E-state index < -0.39 is 21.5 Å². The van der Waals surface area contributed by atoms with E-state index in [-0.39, 0.29) is 17.1 Å². The third-order valence-corrected chi connectivity index (χ3v) is 4.07. The number of anilines is 1. The number of non-ortho nitro benzene ring substituents is 1. The van der Waals surface area contributed by atoms with E-state index in [9.17, 15) is 18.7 Å². The molecule has 0 saturated carbocycles. The van der Waals surface area contributed by atoms with Crippen molar-refractivity contribution in [2.45, 2.75) is 10.6 Å². The summed E-state index contributed by atoms with van der Waals surface area (Å²) in [5.41, 5.74) is 5.88. The summed E-state index contributed by atoms with van der Waals surface area (Å²) in [4.78, 5) is 10.4. The number of nitrogens with zero attached hydrogens (tertiary/aromatic N) is 1. The number of nitro benzene ring substituents is 1. The fourth-order valence-corrected chi connectivity index (χ4v) is 2.70. The first kappa shape index (κ1) is 14.1. The van der Waals surface area contributed by atoms with Gasteiger partial charge in [0.05, 0.1) is 27.2 Å². The number of halogens is 1. The predicted molar refractivity (Wildman–Crippen MR) is 74.0 cm³/mol. The molecule has 0 bridgehead atoms. The summed E-state index contributed by atoms with van der Waals surface area (Å²) in [6.45, 7) is 0. The summed E-state index contributed by atoms with van der Waals surface area (Å²) in [6.07, 6.45) is 0. The van der Waals surface area contributed by atoms with Crippen LogP contribution >= 0.6 is 0 Å². The van der Waals surface area contributed by atoms with Gasteiger partial charge in [-0.2, -0.15) is 0 Å². The zero-order valence-electron chi connectivity index (χ0n) is 10.3. The molecule has 0 aromatic heterocycles. The highest BCUT2D eigenvalue weighted by molar-refractivity contribution is 7.84. The van der Waals surface area contributed by atoms with Crippen LogP contribution in [-0.4, -0.2) is 9.13 Å². The van der Waals surface area contributed by atoms with E-state index in [0.29, 0.717) is 10.5 Å². The molecule has 0 saturated heterocycles. The largest absolute Gasteiger partial charge is 0.396 e. The van der Waals surface area contributed by atoms with Crippen molar-refractivity contribution < 1.29 is 13.5 Å². The molecule has 0 aliphatic heterocycles. The van der Waals surface area contributed by atoms with Crippen LogP contribution in [0.15, 0.2) is 47.4 Å². The molecule has 0 aliphatic rings. The van der Waals surface area contributed by atoms with Gasteiger partial charge in [0, 0.05) is 17.0 Å². The first-order valence-corrected chi connectivity index (χ1v) is 6.96. The topological polar surface area (TPSA) is 86.2 Å². The summed E-state index contributed by atoms with van der Waals surface area (Å²) in [5.74, 6) is -0.433. The SMILES string of the molecule is Nc1ccc(CS(=O)c2ccc([N+](=O)[O-])cc2)cc1F. The molecule has 1 unspecified atom stereocenters. The quantitative estimate of drug-likeness (QED) is 0.533. The molecule has 0 amide bonds. The van der Waals surface area contributed by atoms with E-state index in [1.165, 1.54) is 36.4 Å². The number of hydrogen-bond acceptors (Lipinski definition) is 4. The Hall–Kier alpha value is -2.28. The summed E-state index contributed by atoms with van der Waals surface area (Å²) in [7, 11) is -1.40. The van der Waals surface area contributed by atoms with E-state index in [0.717, 1.165) is 0 Å². The number of nitrogen functional groups attached to an aromatic ring is 1. The number of nitro groups is 1. The molecule has 0 fully saturated rings. The van der Waals surface area contributed by atoms with Gasteiger partial charge in [0.1, 0.15) is 5.82 Å². The van der Waals surface area contributed by atoms with E-state index in [1.807, 2.05) is 0 Å². The second kappa shape index (κ2) is 5.79. The van der Waals surface area contributed by atoms with Crippen molar-refractivity contribution in [1.29, 1.82) is 0 Å². The number of benzene rings is 2. The van der Waals surface area contributed by atoms with Crippen LogP contribution in [0.5, 0.6) is 0 Å². The molecule has 1 atom stereocenters. The molecule has 20 heavy (non-hydrogen) atoms. The minimum atomic E-state index is -1.40. The molecule has 0 heterocycles. The van der Waals surface area contributed by atoms with Gasteiger partial charge in [-0.15, -0.1) is 0 Å². The molecular formula is C13H11FN2O3S. The minimum absolute atomic E-state index is 0.0369. The Morgan fingerprint density at radius 2 is 1.85 bits per heavy atom. The van der Waals surface area contributed by atoms with Gasteiger partial charge in [0.25, 0.3) is 5.69 Å². The highest BCUT2D eigenvalue weighted by atomic mass is 32.2. The normalized spacial score (nSPS) is 12.1. The second-order valence-corrected chi connectivity index (χ2v) is 5.55. The molecule has 104 valence electrons. The summed E-state index contributed by atoms with van der Waals surface area (Å²) in [6, 6.07) is 9.69. The maximum atomic E-state index is 13.3. The lowest BCUT2D eigenvalue weighted by molar-refractivity contribution is -0.384. The lowest BCUT2D eigenvalue weighted by atomic mass is 10.2.